The van der Waals surface area contributed by atoms with Crippen molar-refractivity contribution < 1.29 is 12.8 Å². The number of halogens is 1. The smallest absolute Gasteiger partial charge is 0.243 e. The third kappa shape index (κ3) is 2.96. The molecule has 0 saturated carbocycles. The van der Waals surface area contributed by atoms with E-state index in [9.17, 15) is 12.8 Å². The summed E-state index contributed by atoms with van der Waals surface area (Å²) in [5, 5.41) is 7.13. The Kier molecular flexibility index (Phi) is 4.11. The number of piperazine rings is 1. The lowest BCUT2D eigenvalue weighted by atomic mass is 10.2. The molecule has 1 aliphatic rings. The Labute approximate surface area is 135 Å². The van der Waals surface area contributed by atoms with Crippen molar-refractivity contribution in [2.45, 2.75) is 18.7 Å². The number of aromatic nitrogens is 2. The lowest BCUT2D eigenvalue weighted by Gasteiger charge is -2.35. The van der Waals surface area contributed by atoms with Crippen LogP contribution in [0.3, 0.4) is 0 Å². The summed E-state index contributed by atoms with van der Waals surface area (Å²) in [4.78, 5) is 2.27. The molecule has 0 amide bonds. The second-order valence-corrected chi connectivity index (χ2v) is 7.57. The molecule has 23 heavy (non-hydrogen) atoms. The Morgan fingerprint density at radius 3 is 2.22 bits per heavy atom. The maximum atomic E-state index is 13.0. The summed E-state index contributed by atoms with van der Waals surface area (Å²) >= 11 is 0. The molecular formula is C15H19FN4O2S. The van der Waals surface area contributed by atoms with Gasteiger partial charge in [-0.05, 0) is 38.1 Å². The van der Waals surface area contributed by atoms with Crippen molar-refractivity contribution in [2.24, 2.45) is 0 Å². The SMILES string of the molecule is Cc1n[nH]c(C)c1N1CCN(S(=O)(=O)c2ccc(F)cc2)CC1. The molecule has 0 aliphatic carbocycles. The van der Waals surface area contributed by atoms with E-state index in [0.717, 1.165) is 17.1 Å². The average Bonchev–Trinajstić information content (AvgIpc) is 2.87. The summed E-state index contributed by atoms with van der Waals surface area (Å²) in [7, 11) is -3.57. The number of benzene rings is 1. The number of hydrogen-bond acceptors (Lipinski definition) is 4. The fourth-order valence-corrected chi connectivity index (χ4v) is 4.34. The Morgan fingerprint density at radius 1 is 1.09 bits per heavy atom. The summed E-state index contributed by atoms with van der Waals surface area (Å²) in [6.07, 6.45) is 0. The van der Waals surface area contributed by atoms with E-state index in [2.05, 4.69) is 15.1 Å². The third-order valence-electron chi connectivity index (χ3n) is 4.10. The van der Waals surface area contributed by atoms with E-state index in [0.29, 0.717) is 26.2 Å². The lowest BCUT2D eigenvalue weighted by molar-refractivity contribution is 0.384. The first kappa shape index (κ1) is 15.9. The highest BCUT2D eigenvalue weighted by molar-refractivity contribution is 7.89. The number of anilines is 1. The van der Waals surface area contributed by atoms with Crippen LogP contribution in [0.25, 0.3) is 0 Å². The van der Waals surface area contributed by atoms with Crippen molar-refractivity contribution in [3.05, 3.63) is 41.5 Å². The molecule has 2 aromatic rings. The molecule has 1 aromatic carbocycles. The van der Waals surface area contributed by atoms with Crippen molar-refractivity contribution in [1.82, 2.24) is 14.5 Å². The van der Waals surface area contributed by atoms with Crippen LogP contribution in [-0.2, 0) is 10.0 Å². The number of nitrogens with one attached hydrogen (secondary N) is 1. The van der Waals surface area contributed by atoms with Gasteiger partial charge in [0.25, 0.3) is 0 Å². The summed E-state index contributed by atoms with van der Waals surface area (Å²) < 4.78 is 39.6. The largest absolute Gasteiger partial charge is 0.366 e. The first-order valence-corrected chi connectivity index (χ1v) is 8.86. The summed E-state index contributed by atoms with van der Waals surface area (Å²) in [5.41, 5.74) is 2.94. The van der Waals surface area contributed by atoms with Gasteiger partial charge in [-0.2, -0.15) is 9.40 Å². The second-order valence-electron chi connectivity index (χ2n) is 5.63. The molecule has 1 aromatic heterocycles. The van der Waals surface area contributed by atoms with E-state index >= 15 is 0 Å². The number of nitrogens with zero attached hydrogens (tertiary/aromatic N) is 3. The molecule has 0 spiro atoms. The predicted octanol–water partition coefficient (Wildman–Crippen LogP) is 1.68. The Bertz CT molecular complexity index is 774. The zero-order valence-electron chi connectivity index (χ0n) is 13.1. The van der Waals surface area contributed by atoms with Gasteiger partial charge in [0.1, 0.15) is 5.82 Å². The van der Waals surface area contributed by atoms with Crippen LogP contribution >= 0.6 is 0 Å². The molecule has 8 heteroatoms. The summed E-state index contributed by atoms with van der Waals surface area (Å²) in [6, 6.07) is 4.95. The highest BCUT2D eigenvalue weighted by atomic mass is 32.2. The molecule has 1 saturated heterocycles. The van der Waals surface area contributed by atoms with Crippen LogP contribution in [0.2, 0.25) is 0 Å². The van der Waals surface area contributed by atoms with E-state index in [-0.39, 0.29) is 4.90 Å². The molecule has 0 bridgehead atoms. The molecule has 0 radical (unpaired) electrons. The van der Waals surface area contributed by atoms with Gasteiger partial charge < -0.3 is 4.90 Å². The first-order valence-electron chi connectivity index (χ1n) is 7.42. The fraction of sp³-hybridized carbons (Fsp3) is 0.400. The van der Waals surface area contributed by atoms with E-state index in [1.54, 1.807) is 0 Å². The normalized spacial score (nSPS) is 16.7. The van der Waals surface area contributed by atoms with Gasteiger partial charge in [-0.15, -0.1) is 0 Å². The lowest BCUT2D eigenvalue weighted by Crippen LogP contribution is -2.48. The average molecular weight is 338 g/mol. The fourth-order valence-electron chi connectivity index (χ4n) is 2.92. The Balaban J connectivity index is 1.75. The van der Waals surface area contributed by atoms with Gasteiger partial charge >= 0.3 is 0 Å². The Hall–Kier alpha value is -1.93. The van der Waals surface area contributed by atoms with Crippen LogP contribution in [-0.4, -0.2) is 49.1 Å². The zero-order chi connectivity index (χ0) is 16.6. The minimum Gasteiger partial charge on any atom is -0.366 e. The van der Waals surface area contributed by atoms with Crippen LogP contribution in [0.1, 0.15) is 11.4 Å². The van der Waals surface area contributed by atoms with Crippen molar-refractivity contribution in [2.75, 3.05) is 31.1 Å². The minimum absolute atomic E-state index is 0.128. The predicted molar refractivity (Wildman–Crippen MR) is 85.4 cm³/mol. The molecule has 6 nitrogen and oxygen atoms in total. The number of sulfonamides is 1. The van der Waals surface area contributed by atoms with E-state index in [4.69, 9.17) is 0 Å². The Morgan fingerprint density at radius 2 is 1.70 bits per heavy atom. The summed E-state index contributed by atoms with van der Waals surface area (Å²) in [5.74, 6) is -0.445. The van der Waals surface area contributed by atoms with Crippen LogP contribution < -0.4 is 4.90 Å². The number of rotatable bonds is 3. The van der Waals surface area contributed by atoms with Gasteiger partial charge in [0.15, 0.2) is 0 Å². The molecule has 3 rings (SSSR count). The minimum atomic E-state index is -3.57. The van der Waals surface area contributed by atoms with Gasteiger partial charge in [-0.25, -0.2) is 12.8 Å². The molecular weight excluding hydrogens is 319 g/mol. The monoisotopic (exact) mass is 338 g/mol. The highest BCUT2D eigenvalue weighted by Gasteiger charge is 2.29. The maximum Gasteiger partial charge on any atom is 0.243 e. The maximum absolute atomic E-state index is 13.0. The zero-order valence-corrected chi connectivity index (χ0v) is 13.9. The van der Waals surface area contributed by atoms with Crippen LogP contribution in [0.4, 0.5) is 10.1 Å². The van der Waals surface area contributed by atoms with Crippen molar-refractivity contribution >= 4 is 15.7 Å². The third-order valence-corrected chi connectivity index (χ3v) is 6.01. The van der Waals surface area contributed by atoms with Gasteiger partial charge in [-0.1, -0.05) is 0 Å². The number of aryl methyl sites for hydroxylation is 2. The molecule has 1 N–H and O–H groups in total. The quantitative estimate of drug-likeness (QED) is 0.924. The van der Waals surface area contributed by atoms with Gasteiger partial charge in [0.05, 0.1) is 22.0 Å². The van der Waals surface area contributed by atoms with Crippen molar-refractivity contribution in [3.8, 4) is 0 Å². The topological polar surface area (TPSA) is 69.3 Å². The van der Waals surface area contributed by atoms with Crippen molar-refractivity contribution in [1.29, 1.82) is 0 Å². The van der Waals surface area contributed by atoms with E-state index in [1.165, 1.54) is 28.6 Å². The van der Waals surface area contributed by atoms with Gasteiger partial charge in [-0.3, -0.25) is 5.10 Å². The molecule has 1 fully saturated rings. The molecule has 1 aliphatic heterocycles. The molecule has 124 valence electrons. The second kappa shape index (κ2) is 5.93. The van der Waals surface area contributed by atoms with E-state index in [1.807, 2.05) is 13.8 Å². The first-order chi connectivity index (χ1) is 10.9. The molecule has 2 heterocycles. The van der Waals surface area contributed by atoms with Crippen LogP contribution in [0.15, 0.2) is 29.2 Å². The van der Waals surface area contributed by atoms with Gasteiger partial charge in [0, 0.05) is 26.2 Å². The molecule has 0 unspecified atom stereocenters. The van der Waals surface area contributed by atoms with Crippen LogP contribution in [0, 0.1) is 19.7 Å². The number of H-pyrrole nitrogens is 1. The molecule has 0 atom stereocenters. The highest BCUT2D eigenvalue weighted by Crippen LogP contribution is 2.25. The number of hydrogen-bond donors (Lipinski definition) is 1. The standard InChI is InChI=1S/C15H19FN4O2S/c1-11-15(12(2)18-17-11)19-7-9-20(10-8-19)23(21,22)14-5-3-13(16)4-6-14/h3-6H,7-10H2,1-2H3,(H,17,18). The van der Waals surface area contributed by atoms with E-state index < -0.39 is 15.8 Å². The van der Waals surface area contributed by atoms with Crippen molar-refractivity contribution in [3.63, 3.8) is 0 Å². The van der Waals surface area contributed by atoms with Crippen LogP contribution in [0.5, 0.6) is 0 Å². The number of aromatic amines is 1. The summed E-state index contributed by atoms with van der Waals surface area (Å²) in [6.45, 7) is 5.87. The van der Waals surface area contributed by atoms with Gasteiger partial charge in [0.2, 0.25) is 10.0 Å².